The number of halogens is 1. The molecule has 0 amide bonds. The van der Waals surface area contributed by atoms with E-state index in [9.17, 15) is 14.3 Å². The van der Waals surface area contributed by atoms with E-state index >= 15 is 0 Å². The Bertz CT molecular complexity index is 405. The molecule has 0 aromatic heterocycles. The first kappa shape index (κ1) is 14.4. The lowest BCUT2D eigenvalue weighted by atomic mass is 10.0. The Labute approximate surface area is 106 Å². The fourth-order valence-electron chi connectivity index (χ4n) is 1.56. The molecule has 0 saturated heterocycles. The number of carbonyl (C=O) groups is 1. The third-order valence-electron chi connectivity index (χ3n) is 2.42. The molecule has 0 heterocycles. The van der Waals surface area contributed by atoms with Crippen LogP contribution in [-0.2, 0) is 4.79 Å². The van der Waals surface area contributed by atoms with Crippen molar-refractivity contribution in [2.24, 2.45) is 0 Å². The van der Waals surface area contributed by atoms with Crippen LogP contribution in [0, 0.1) is 5.82 Å². The normalized spacial score (nSPS) is 14.3. The lowest BCUT2D eigenvalue weighted by Crippen LogP contribution is -2.56. The standard InChI is InChI=1S/C13H18FNO3/c1-9(2)15-13(3,12(16)17)8-18-11-6-4-10(14)5-7-11/h4-7,9,15H,8H2,1-3H3,(H,16,17). The summed E-state index contributed by atoms with van der Waals surface area (Å²) in [5, 5.41) is 12.1. The summed E-state index contributed by atoms with van der Waals surface area (Å²) < 4.78 is 18.1. The Morgan fingerprint density at radius 2 is 2.00 bits per heavy atom. The molecule has 1 aromatic carbocycles. The summed E-state index contributed by atoms with van der Waals surface area (Å²) in [6.07, 6.45) is 0. The zero-order valence-corrected chi connectivity index (χ0v) is 10.7. The second-order valence-corrected chi connectivity index (χ2v) is 4.68. The van der Waals surface area contributed by atoms with E-state index in [1.54, 1.807) is 6.92 Å². The van der Waals surface area contributed by atoms with E-state index in [4.69, 9.17) is 4.74 Å². The second kappa shape index (κ2) is 5.82. The molecule has 5 heteroatoms. The van der Waals surface area contributed by atoms with Gasteiger partial charge in [0.25, 0.3) is 0 Å². The number of benzene rings is 1. The molecule has 4 nitrogen and oxygen atoms in total. The van der Waals surface area contributed by atoms with Gasteiger partial charge in [0, 0.05) is 6.04 Å². The number of carboxylic acids is 1. The highest BCUT2D eigenvalue weighted by Crippen LogP contribution is 2.14. The number of hydrogen-bond donors (Lipinski definition) is 2. The average Bonchev–Trinajstić information content (AvgIpc) is 2.27. The van der Waals surface area contributed by atoms with Crippen LogP contribution in [-0.4, -0.2) is 29.3 Å². The summed E-state index contributed by atoms with van der Waals surface area (Å²) in [6, 6.07) is 5.48. The lowest BCUT2D eigenvalue weighted by Gasteiger charge is -2.28. The quantitative estimate of drug-likeness (QED) is 0.816. The van der Waals surface area contributed by atoms with Gasteiger partial charge in [-0.1, -0.05) is 0 Å². The topological polar surface area (TPSA) is 58.6 Å². The maximum atomic E-state index is 12.7. The fraction of sp³-hybridized carbons (Fsp3) is 0.462. The molecule has 1 rings (SSSR count). The van der Waals surface area contributed by atoms with Crippen molar-refractivity contribution in [3.05, 3.63) is 30.1 Å². The number of rotatable bonds is 6. The van der Waals surface area contributed by atoms with Crippen LogP contribution in [0.3, 0.4) is 0 Å². The van der Waals surface area contributed by atoms with Crippen molar-refractivity contribution in [2.45, 2.75) is 32.4 Å². The smallest absolute Gasteiger partial charge is 0.327 e. The first-order chi connectivity index (χ1) is 8.33. The first-order valence-electron chi connectivity index (χ1n) is 5.73. The monoisotopic (exact) mass is 255 g/mol. The molecule has 0 saturated carbocycles. The number of hydrogen-bond acceptors (Lipinski definition) is 3. The predicted octanol–water partition coefficient (Wildman–Crippen LogP) is 2.05. The van der Waals surface area contributed by atoms with Crippen LogP contribution in [0.5, 0.6) is 5.75 Å². The van der Waals surface area contributed by atoms with Crippen molar-refractivity contribution in [1.82, 2.24) is 5.32 Å². The number of ether oxygens (including phenoxy) is 1. The lowest BCUT2D eigenvalue weighted by molar-refractivity contribution is -0.145. The van der Waals surface area contributed by atoms with E-state index in [1.165, 1.54) is 24.3 Å². The third kappa shape index (κ3) is 4.00. The highest BCUT2D eigenvalue weighted by Gasteiger charge is 2.34. The summed E-state index contributed by atoms with van der Waals surface area (Å²) in [7, 11) is 0. The molecule has 0 aliphatic carbocycles. The summed E-state index contributed by atoms with van der Waals surface area (Å²) in [6.45, 7) is 5.24. The Hall–Kier alpha value is -1.62. The summed E-state index contributed by atoms with van der Waals surface area (Å²) >= 11 is 0. The Balaban J connectivity index is 2.68. The van der Waals surface area contributed by atoms with Gasteiger partial charge in [0.05, 0.1) is 0 Å². The molecule has 0 aliphatic rings. The highest BCUT2D eigenvalue weighted by molar-refractivity contribution is 5.78. The van der Waals surface area contributed by atoms with Gasteiger partial charge in [-0.05, 0) is 45.0 Å². The van der Waals surface area contributed by atoms with Gasteiger partial charge in [-0.15, -0.1) is 0 Å². The van der Waals surface area contributed by atoms with Gasteiger partial charge in [0.15, 0.2) is 0 Å². The van der Waals surface area contributed by atoms with Gasteiger partial charge in [-0.3, -0.25) is 10.1 Å². The minimum atomic E-state index is -1.18. The van der Waals surface area contributed by atoms with Crippen LogP contribution >= 0.6 is 0 Å². The van der Waals surface area contributed by atoms with Crippen LogP contribution < -0.4 is 10.1 Å². The second-order valence-electron chi connectivity index (χ2n) is 4.68. The van der Waals surface area contributed by atoms with Crippen molar-refractivity contribution in [3.8, 4) is 5.75 Å². The van der Waals surface area contributed by atoms with Crippen molar-refractivity contribution in [2.75, 3.05) is 6.61 Å². The average molecular weight is 255 g/mol. The SMILES string of the molecule is CC(C)NC(C)(COc1ccc(F)cc1)C(=O)O. The van der Waals surface area contributed by atoms with Crippen LogP contribution in [0.4, 0.5) is 4.39 Å². The minimum absolute atomic E-state index is 0.0166. The van der Waals surface area contributed by atoms with Gasteiger partial charge in [-0.2, -0.15) is 0 Å². The van der Waals surface area contributed by atoms with Crippen molar-refractivity contribution in [3.63, 3.8) is 0 Å². The predicted molar refractivity (Wildman–Crippen MR) is 66.2 cm³/mol. The minimum Gasteiger partial charge on any atom is -0.491 e. The Morgan fingerprint density at radius 3 is 2.44 bits per heavy atom. The van der Waals surface area contributed by atoms with E-state index in [2.05, 4.69) is 5.32 Å². The van der Waals surface area contributed by atoms with Gasteiger partial charge >= 0.3 is 5.97 Å². The molecule has 18 heavy (non-hydrogen) atoms. The summed E-state index contributed by atoms with van der Waals surface area (Å²) in [5.74, 6) is -0.906. The molecule has 0 bridgehead atoms. The van der Waals surface area contributed by atoms with E-state index in [1.807, 2.05) is 13.8 Å². The Kier molecular flexibility index (Phi) is 4.67. The van der Waals surface area contributed by atoms with Gasteiger partial charge in [0.2, 0.25) is 0 Å². The van der Waals surface area contributed by atoms with Crippen LogP contribution in [0.1, 0.15) is 20.8 Å². The first-order valence-corrected chi connectivity index (χ1v) is 5.73. The zero-order valence-electron chi connectivity index (χ0n) is 10.7. The van der Waals surface area contributed by atoms with Gasteiger partial charge in [-0.25, -0.2) is 4.39 Å². The third-order valence-corrected chi connectivity index (χ3v) is 2.42. The van der Waals surface area contributed by atoms with Gasteiger partial charge < -0.3 is 9.84 Å². The number of nitrogens with one attached hydrogen (secondary N) is 1. The molecular weight excluding hydrogens is 237 g/mol. The Morgan fingerprint density at radius 1 is 1.44 bits per heavy atom. The molecule has 0 aliphatic heterocycles. The van der Waals surface area contributed by atoms with Crippen molar-refractivity contribution < 1.29 is 19.0 Å². The molecule has 100 valence electrons. The van der Waals surface area contributed by atoms with E-state index in [0.717, 1.165) is 0 Å². The van der Waals surface area contributed by atoms with E-state index in [0.29, 0.717) is 5.75 Å². The fourth-order valence-corrected chi connectivity index (χ4v) is 1.56. The van der Waals surface area contributed by atoms with Crippen molar-refractivity contribution >= 4 is 5.97 Å². The molecule has 1 atom stereocenters. The van der Waals surface area contributed by atoms with Crippen LogP contribution in [0.25, 0.3) is 0 Å². The van der Waals surface area contributed by atoms with Gasteiger partial charge in [0.1, 0.15) is 23.7 Å². The molecule has 0 fully saturated rings. The number of aliphatic carboxylic acids is 1. The molecule has 1 aromatic rings. The highest BCUT2D eigenvalue weighted by atomic mass is 19.1. The van der Waals surface area contributed by atoms with Crippen molar-refractivity contribution in [1.29, 1.82) is 0 Å². The maximum absolute atomic E-state index is 12.7. The number of carboxylic acid groups (broad SMARTS) is 1. The summed E-state index contributed by atoms with van der Waals surface area (Å²) in [5.41, 5.74) is -1.18. The van der Waals surface area contributed by atoms with Crippen LogP contribution in [0.2, 0.25) is 0 Å². The molecule has 1 unspecified atom stereocenters. The molecule has 0 spiro atoms. The molecule has 0 radical (unpaired) electrons. The van der Waals surface area contributed by atoms with Crippen LogP contribution in [0.15, 0.2) is 24.3 Å². The van der Waals surface area contributed by atoms with E-state index in [-0.39, 0.29) is 18.5 Å². The summed E-state index contributed by atoms with van der Waals surface area (Å²) in [4.78, 5) is 11.2. The van der Waals surface area contributed by atoms with E-state index < -0.39 is 11.5 Å². The largest absolute Gasteiger partial charge is 0.491 e. The maximum Gasteiger partial charge on any atom is 0.327 e. The molecular formula is C13H18FNO3. The zero-order chi connectivity index (χ0) is 13.8. The molecule has 2 N–H and O–H groups in total.